The maximum atomic E-state index is 5.68. The Morgan fingerprint density at radius 1 is 1.22 bits per heavy atom. The first kappa shape index (κ1) is 12.6. The molecule has 0 atom stereocenters. The SMILES string of the molecule is COc1cccc(N(C)c2ccc(CCl)nn2)c1. The zero-order valence-electron chi connectivity index (χ0n) is 10.3. The minimum atomic E-state index is 0.371. The van der Waals surface area contributed by atoms with Crippen LogP contribution in [0.5, 0.6) is 5.75 Å². The second kappa shape index (κ2) is 5.69. The van der Waals surface area contributed by atoms with Gasteiger partial charge >= 0.3 is 0 Å². The fourth-order valence-corrected chi connectivity index (χ4v) is 1.70. The number of alkyl halides is 1. The second-order valence-electron chi connectivity index (χ2n) is 3.78. The average Bonchev–Trinajstić information content (AvgIpc) is 2.46. The fraction of sp³-hybridized carbons (Fsp3) is 0.231. The van der Waals surface area contributed by atoms with Gasteiger partial charge in [-0.2, -0.15) is 5.10 Å². The van der Waals surface area contributed by atoms with Crippen LogP contribution < -0.4 is 9.64 Å². The molecule has 1 aromatic heterocycles. The lowest BCUT2D eigenvalue weighted by atomic mass is 10.2. The topological polar surface area (TPSA) is 38.2 Å². The van der Waals surface area contributed by atoms with Crippen molar-refractivity contribution in [1.82, 2.24) is 10.2 Å². The second-order valence-corrected chi connectivity index (χ2v) is 4.04. The fourth-order valence-electron chi connectivity index (χ4n) is 1.55. The Balaban J connectivity index is 2.25. The molecule has 4 nitrogen and oxygen atoms in total. The molecule has 94 valence electrons. The highest BCUT2D eigenvalue weighted by Crippen LogP contribution is 2.24. The predicted molar refractivity (Wildman–Crippen MR) is 72.6 cm³/mol. The highest BCUT2D eigenvalue weighted by Gasteiger charge is 2.07. The third kappa shape index (κ3) is 2.71. The summed E-state index contributed by atoms with van der Waals surface area (Å²) in [6.07, 6.45) is 0. The summed E-state index contributed by atoms with van der Waals surface area (Å²) in [5.41, 5.74) is 1.75. The van der Waals surface area contributed by atoms with E-state index in [0.717, 1.165) is 22.9 Å². The number of anilines is 2. The van der Waals surface area contributed by atoms with Gasteiger partial charge in [0.15, 0.2) is 5.82 Å². The molecule has 18 heavy (non-hydrogen) atoms. The van der Waals surface area contributed by atoms with Crippen molar-refractivity contribution in [3.63, 3.8) is 0 Å². The van der Waals surface area contributed by atoms with Crippen LogP contribution in [0.25, 0.3) is 0 Å². The highest BCUT2D eigenvalue weighted by atomic mass is 35.5. The first-order valence-electron chi connectivity index (χ1n) is 5.51. The molecule has 5 heteroatoms. The third-order valence-corrected chi connectivity index (χ3v) is 2.90. The molecule has 0 unspecified atom stereocenters. The maximum absolute atomic E-state index is 5.68. The Morgan fingerprint density at radius 2 is 2.06 bits per heavy atom. The first-order valence-corrected chi connectivity index (χ1v) is 6.04. The molecule has 0 bridgehead atoms. The van der Waals surface area contributed by atoms with Gasteiger partial charge in [-0.1, -0.05) is 6.07 Å². The molecule has 0 radical (unpaired) electrons. The standard InChI is InChI=1S/C13H14ClN3O/c1-17(11-4-3-5-12(8-11)18-2)13-7-6-10(9-14)15-16-13/h3-8H,9H2,1-2H3. The van der Waals surface area contributed by atoms with Gasteiger partial charge in [0.2, 0.25) is 0 Å². The summed E-state index contributed by atoms with van der Waals surface area (Å²) >= 11 is 5.68. The smallest absolute Gasteiger partial charge is 0.155 e. The number of hydrogen-bond acceptors (Lipinski definition) is 4. The summed E-state index contributed by atoms with van der Waals surface area (Å²) < 4.78 is 5.20. The van der Waals surface area contributed by atoms with E-state index in [1.165, 1.54) is 0 Å². The lowest BCUT2D eigenvalue weighted by Gasteiger charge is -2.18. The number of methoxy groups -OCH3 is 1. The number of rotatable bonds is 4. The number of aromatic nitrogens is 2. The summed E-state index contributed by atoms with van der Waals surface area (Å²) in [5, 5.41) is 8.16. The van der Waals surface area contributed by atoms with E-state index in [-0.39, 0.29) is 0 Å². The third-order valence-electron chi connectivity index (χ3n) is 2.63. The van der Waals surface area contributed by atoms with Gasteiger partial charge in [-0.3, -0.25) is 0 Å². The number of hydrogen-bond donors (Lipinski definition) is 0. The normalized spacial score (nSPS) is 10.2. The van der Waals surface area contributed by atoms with Gasteiger partial charge < -0.3 is 9.64 Å². The minimum absolute atomic E-state index is 0.371. The van der Waals surface area contributed by atoms with E-state index in [2.05, 4.69) is 10.2 Å². The molecule has 1 aromatic carbocycles. The van der Waals surface area contributed by atoms with E-state index in [4.69, 9.17) is 16.3 Å². The van der Waals surface area contributed by atoms with Crippen molar-refractivity contribution in [2.24, 2.45) is 0 Å². The predicted octanol–water partition coefficient (Wildman–Crippen LogP) is 2.99. The Hall–Kier alpha value is -1.81. The average molecular weight is 264 g/mol. The molecule has 0 spiro atoms. The largest absolute Gasteiger partial charge is 0.497 e. The quantitative estimate of drug-likeness (QED) is 0.795. The number of ether oxygens (including phenoxy) is 1. The van der Waals surface area contributed by atoms with Crippen molar-refractivity contribution >= 4 is 23.1 Å². The monoisotopic (exact) mass is 263 g/mol. The molecule has 2 aromatic rings. The first-order chi connectivity index (χ1) is 8.74. The van der Waals surface area contributed by atoms with Crippen LogP contribution in [0.1, 0.15) is 5.69 Å². The molecule has 0 aliphatic heterocycles. The van der Waals surface area contributed by atoms with Crippen molar-refractivity contribution in [1.29, 1.82) is 0 Å². The van der Waals surface area contributed by atoms with Crippen LogP contribution in [0.3, 0.4) is 0 Å². The Kier molecular flexibility index (Phi) is 3.99. The molecule has 0 saturated heterocycles. The van der Waals surface area contributed by atoms with Crippen LogP contribution >= 0.6 is 11.6 Å². The van der Waals surface area contributed by atoms with Gasteiger partial charge in [0.05, 0.1) is 18.7 Å². The lowest BCUT2D eigenvalue weighted by Crippen LogP contribution is -2.12. The molecule has 1 heterocycles. The molecule has 0 fully saturated rings. The molecule has 0 amide bonds. The molecule has 2 rings (SSSR count). The van der Waals surface area contributed by atoms with E-state index in [1.54, 1.807) is 7.11 Å². The summed E-state index contributed by atoms with van der Waals surface area (Å²) in [5.74, 6) is 1.94. The van der Waals surface area contributed by atoms with Crippen molar-refractivity contribution in [2.75, 3.05) is 19.1 Å². The van der Waals surface area contributed by atoms with Crippen LogP contribution in [0.4, 0.5) is 11.5 Å². The minimum Gasteiger partial charge on any atom is -0.497 e. The van der Waals surface area contributed by atoms with Gasteiger partial charge in [0.25, 0.3) is 0 Å². The molecular formula is C13H14ClN3O. The van der Waals surface area contributed by atoms with Gasteiger partial charge in [0.1, 0.15) is 5.75 Å². The van der Waals surface area contributed by atoms with E-state index < -0.39 is 0 Å². The van der Waals surface area contributed by atoms with Crippen LogP contribution in [0.15, 0.2) is 36.4 Å². The molecule has 0 aliphatic carbocycles. The summed E-state index contributed by atoms with van der Waals surface area (Å²) in [6, 6.07) is 11.5. The lowest BCUT2D eigenvalue weighted by molar-refractivity contribution is 0.415. The number of halogens is 1. The summed E-state index contributed by atoms with van der Waals surface area (Å²) in [6.45, 7) is 0. The van der Waals surface area contributed by atoms with Crippen molar-refractivity contribution < 1.29 is 4.74 Å². The molecule has 0 saturated carbocycles. The van der Waals surface area contributed by atoms with Gasteiger partial charge in [-0.25, -0.2) is 0 Å². The van der Waals surface area contributed by atoms with Crippen LogP contribution in [0.2, 0.25) is 0 Å². The van der Waals surface area contributed by atoms with Gasteiger partial charge in [-0.15, -0.1) is 16.7 Å². The Labute approximate surface area is 111 Å². The van der Waals surface area contributed by atoms with E-state index in [9.17, 15) is 0 Å². The van der Waals surface area contributed by atoms with E-state index in [1.807, 2.05) is 48.3 Å². The summed E-state index contributed by atoms with van der Waals surface area (Å²) in [4.78, 5) is 1.94. The Morgan fingerprint density at radius 3 is 2.67 bits per heavy atom. The van der Waals surface area contributed by atoms with Crippen LogP contribution in [0, 0.1) is 0 Å². The maximum Gasteiger partial charge on any atom is 0.155 e. The molecule has 0 aliphatic rings. The van der Waals surface area contributed by atoms with Crippen molar-refractivity contribution in [3.05, 3.63) is 42.1 Å². The van der Waals surface area contributed by atoms with Gasteiger partial charge in [-0.05, 0) is 24.3 Å². The summed E-state index contributed by atoms with van der Waals surface area (Å²) in [7, 11) is 3.58. The van der Waals surface area contributed by atoms with Crippen molar-refractivity contribution in [3.8, 4) is 5.75 Å². The van der Waals surface area contributed by atoms with Crippen LogP contribution in [-0.2, 0) is 5.88 Å². The molecular weight excluding hydrogens is 250 g/mol. The van der Waals surface area contributed by atoms with E-state index >= 15 is 0 Å². The van der Waals surface area contributed by atoms with Crippen molar-refractivity contribution in [2.45, 2.75) is 5.88 Å². The zero-order chi connectivity index (χ0) is 13.0. The zero-order valence-corrected chi connectivity index (χ0v) is 11.1. The number of nitrogens with zero attached hydrogens (tertiary/aromatic N) is 3. The molecule has 0 N–H and O–H groups in total. The van der Waals surface area contributed by atoms with Gasteiger partial charge in [0, 0.05) is 18.8 Å². The Bertz CT molecular complexity index is 516. The number of benzene rings is 1. The highest BCUT2D eigenvalue weighted by molar-refractivity contribution is 6.16. The van der Waals surface area contributed by atoms with Crippen LogP contribution in [-0.4, -0.2) is 24.4 Å². The van der Waals surface area contributed by atoms with E-state index in [0.29, 0.717) is 5.88 Å².